The van der Waals surface area contributed by atoms with Crippen molar-refractivity contribution in [2.24, 2.45) is 5.73 Å². The van der Waals surface area contributed by atoms with Gasteiger partial charge in [0.2, 0.25) is 0 Å². The van der Waals surface area contributed by atoms with E-state index in [1.54, 1.807) is 0 Å². The minimum atomic E-state index is -0.299. The molecule has 1 aromatic heterocycles. The fourth-order valence-electron chi connectivity index (χ4n) is 0.705. The molecule has 0 bridgehead atoms. The second kappa shape index (κ2) is 4.13. The first-order valence-corrected chi connectivity index (χ1v) is 3.84. The first-order chi connectivity index (χ1) is 5.74. The highest BCUT2D eigenvalue weighted by Gasteiger charge is 2.08. The number of carbonyl (C=O) groups is 1. The summed E-state index contributed by atoms with van der Waals surface area (Å²) in [4.78, 5) is 11.1. The predicted octanol–water partition coefficient (Wildman–Crippen LogP) is 0.622. The van der Waals surface area contributed by atoms with Crippen LogP contribution in [0.1, 0.15) is 10.6 Å². The van der Waals surface area contributed by atoms with Crippen LogP contribution in [0.25, 0.3) is 0 Å². The molecule has 0 aliphatic carbocycles. The molecule has 1 amide bonds. The highest BCUT2D eigenvalue weighted by atomic mass is 35.5. The molecule has 0 fully saturated rings. The molecule has 1 heterocycles. The first-order valence-electron chi connectivity index (χ1n) is 3.46. The zero-order valence-electron chi connectivity index (χ0n) is 6.34. The topological polar surface area (TPSA) is 68.3 Å². The standard InChI is InChI=1S/C7H9ClN2O2/c8-5-3-6(12-4-5)7(11)10-2-1-9/h3-4H,1-2,9H2,(H,10,11). The maximum absolute atomic E-state index is 11.1. The summed E-state index contributed by atoms with van der Waals surface area (Å²) in [5, 5.41) is 2.96. The molecule has 12 heavy (non-hydrogen) atoms. The average molecular weight is 189 g/mol. The van der Waals surface area contributed by atoms with Gasteiger partial charge in [0.25, 0.3) is 5.91 Å². The molecule has 0 aliphatic rings. The molecule has 0 saturated carbocycles. The van der Waals surface area contributed by atoms with Gasteiger partial charge in [0.1, 0.15) is 6.26 Å². The van der Waals surface area contributed by atoms with Gasteiger partial charge in [-0.15, -0.1) is 0 Å². The summed E-state index contributed by atoms with van der Waals surface area (Å²) >= 11 is 5.54. The fraction of sp³-hybridized carbons (Fsp3) is 0.286. The maximum Gasteiger partial charge on any atom is 0.287 e. The Morgan fingerprint density at radius 1 is 1.75 bits per heavy atom. The average Bonchev–Trinajstić information content (AvgIpc) is 2.47. The molecule has 0 spiro atoms. The van der Waals surface area contributed by atoms with E-state index in [0.29, 0.717) is 18.1 Å². The van der Waals surface area contributed by atoms with E-state index < -0.39 is 0 Å². The lowest BCUT2D eigenvalue weighted by Crippen LogP contribution is -2.28. The summed E-state index contributed by atoms with van der Waals surface area (Å²) in [5.74, 6) is -0.0965. The molecular weight excluding hydrogens is 180 g/mol. The van der Waals surface area contributed by atoms with Gasteiger partial charge >= 0.3 is 0 Å². The van der Waals surface area contributed by atoms with Gasteiger partial charge in [-0.3, -0.25) is 4.79 Å². The summed E-state index contributed by atoms with van der Waals surface area (Å²) in [5.41, 5.74) is 5.19. The van der Waals surface area contributed by atoms with Gasteiger partial charge in [0, 0.05) is 19.2 Å². The van der Waals surface area contributed by atoms with Crippen molar-refractivity contribution in [2.75, 3.05) is 13.1 Å². The molecule has 1 aromatic rings. The second-order valence-electron chi connectivity index (χ2n) is 2.17. The van der Waals surface area contributed by atoms with Crippen molar-refractivity contribution in [3.05, 3.63) is 23.1 Å². The number of hydrogen-bond donors (Lipinski definition) is 2. The Hall–Kier alpha value is -1.00. The number of nitrogens with two attached hydrogens (primary N) is 1. The van der Waals surface area contributed by atoms with Crippen LogP contribution in [0.3, 0.4) is 0 Å². The third-order valence-electron chi connectivity index (χ3n) is 1.22. The van der Waals surface area contributed by atoms with Crippen molar-refractivity contribution in [3.8, 4) is 0 Å². The SMILES string of the molecule is NCCNC(=O)c1cc(Cl)co1. The Bertz CT molecular complexity index is 272. The van der Waals surface area contributed by atoms with E-state index in [1.165, 1.54) is 12.3 Å². The molecule has 3 N–H and O–H groups in total. The van der Waals surface area contributed by atoms with Crippen LogP contribution in [0.15, 0.2) is 16.7 Å². The maximum atomic E-state index is 11.1. The highest BCUT2D eigenvalue weighted by molar-refractivity contribution is 6.30. The van der Waals surface area contributed by atoms with Crippen molar-refractivity contribution < 1.29 is 9.21 Å². The van der Waals surface area contributed by atoms with E-state index >= 15 is 0 Å². The molecule has 0 unspecified atom stereocenters. The Morgan fingerprint density at radius 3 is 3.00 bits per heavy atom. The zero-order chi connectivity index (χ0) is 8.97. The van der Waals surface area contributed by atoms with E-state index in [2.05, 4.69) is 5.32 Å². The Kier molecular flexibility index (Phi) is 3.13. The van der Waals surface area contributed by atoms with Crippen LogP contribution < -0.4 is 11.1 Å². The third-order valence-corrected chi connectivity index (χ3v) is 1.42. The number of amides is 1. The molecule has 0 aliphatic heterocycles. The minimum absolute atomic E-state index is 0.202. The number of furan rings is 1. The zero-order valence-corrected chi connectivity index (χ0v) is 7.10. The second-order valence-corrected chi connectivity index (χ2v) is 2.61. The van der Waals surface area contributed by atoms with Crippen LogP contribution in [-0.4, -0.2) is 19.0 Å². The summed E-state index contributed by atoms with van der Waals surface area (Å²) in [6.07, 6.45) is 1.30. The van der Waals surface area contributed by atoms with Crippen molar-refractivity contribution >= 4 is 17.5 Å². The summed E-state index contributed by atoms with van der Waals surface area (Å²) in [7, 11) is 0. The van der Waals surface area contributed by atoms with Crippen LogP contribution in [-0.2, 0) is 0 Å². The quantitative estimate of drug-likeness (QED) is 0.731. The Balaban J connectivity index is 2.53. The smallest absolute Gasteiger partial charge is 0.287 e. The normalized spacial score (nSPS) is 9.83. The number of nitrogens with one attached hydrogen (secondary N) is 1. The van der Waals surface area contributed by atoms with Gasteiger partial charge in [-0.05, 0) is 0 Å². The van der Waals surface area contributed by atoms with Gasteiger partial charge in [0.15, 0.2) is 5.76 Å². The largest absolute Gasteiger partial charge is 0.458 e. The van der Waals surface area contributed by atoms with E-state index in [9.17, 15) is 4.79 Å². The van der Waals surface area contributed by atoms with Gasteiger partial charge in [0.05, 0.1) is 5.02 Å². The molecule has 66 valence electrons. The molecule has 1 rings (SSSR count). The van der Waals surface area contributed by atoms with Crippen LogP contribution in [0.2, 0.25) is 5.02 Å². The third kappa shape index (κ3) is 2.25. The van der Waals surface area contributed by atoms with E-state index in [4.69, 9.17) is 21.8 Å². The summed E-state index contributed by atoms with van der Waals surface area (Å²) < 4.78 is 4.84. The van der Waals surface area contributed by atoms with Gasteiger partial charge in [-0.2, -0.15) is 0 Å². The monoisotopic (exact) mass is 188 g/mol. The highest BCUT2D eigenvalue weighted by Crippen LogP contribution is 2.12. The lowest BCUT2D eigenvalue weighted by atomic mass is 10.4. The van der Waals surface area contributed by atoms with Crippen LogP contribution >= 0.6 is 11.6 Å². The lowest BCUT2D eigenvalue weighted by Gasteiger charge is -1.98. The van der Waals surface area contributed by atoms with Crippen molar-refractivity contribution in [2.45, 2.75) is 0 Å². The van der Waals surface area contributed by atoms with Gasteiger partial charge in [-0.25, -0.2) is 0 Å². The van der Waals surface area contributed by atoms with Crippen LogP contribution in [0.4, 0.5) is 0 Å². The predicted molar refractivity (Wildman–Crippen MR) is 45.1 cm³/mol. The Morgan fingerprint density at radius 2 is 2.50 bits per heavy atom. The molecule has 0 saturated heterocycles. The summed E-state index contributed by atoms with van der Waals surface area (Å²) in [6, 6.07) is 1.45. The van der Waals surface area contributed by atoms with Crippen LogP contribution in [0.5, 0.6) is 0 Å². The van der Waals surface area contributed by atoms with E-state index in [1.807, 2.05) is 0 Å². The van der Waals surface area contributed by atoms with E-state index in [-0.39, 0.29) is 11.7 Å². The van der Waals surface area contributed by atoms with Crippen molar-refractivity contribution in [1.29, 1.82) is 0 Å². The molecule has 0 atom stereocenters. The molecule has 4 nitrogen and oxygen atoms in total. The number of halogens is 1. The van der Waals surface area contributed by atoms with Crippen molar-refractivity contribution in [3.63, 3.8) is 0 Å². The van der Waals surface area contributed by atoms with E-state index in [0.717, 1.165) is 0 Å². The van der Waals surface area contributed by atoms with Crippen LogP contribution in [0, 0.1) is 0 Å². The van der Waals surface area contributed by atoms with Gasteiger partial charge < -0.3 is 15.5 Å². The number of rotatable bonds is 3. The lowest BCUT2D eigenvalue weighted by molar-refractivity contribution is 0.0927. The molecule has 0 aromatic carbocycles. The molecule has 5 heteroatoms. The number of hydrogen-bond acceptors (Lipinski definition) is 3. The first kappa shape index (κ1) is 9.09. The molecule has 0 radical (unpaired) electrons. The number of carbonyl (C=O) groups excluding carboxylic acids is 1. The molecular formula is C7H9ClN2O2. The fourth-order valence-corrected chi connectivity index (χ4v) is 0.849. The van der Waals surface area contributed by atoms with Gasteiger partial charge in [-0.1, -0.05) is 11.6 Å². The Labute approximate surface area is 74.7 Å². The summed E-state index contributed by atoms with van der Waals surface area (Å²) in [6.45, 7) is 0.831. The minimum Gasteiger partial charge on any atom is -0.458 e. The van der Waals surface area contributed by atoms with Crippen molar-refractivity contribution in [1.82, 2.24) is 5.32 Å².